The maximum Gasteiger partial charge on any atom is 0.344 e. The highest BCUT2D eigenvalue weighted by Crippen LogP contribution is 2.22. The van der Waals surface area contributed by atoms with Gasteiger partial charge in [0, 0.05) is 22.9 Å². The molecule has 1 aromatic heterocycles. The lowest BCUT2D eigenvalue weighted by atomic mass is 10.1. The molecular weight excluding hydrogens is 220 g/mol. The number of benzene rings is 1. The highest BCUT2D eigenvalue weighted by molar-refractivity contribution is 7.99. The molecule has 1 aromatic carbocycles. The fourth-order valence-corrected chi connectivity index (χ4v) is 2.07. The highest BCUT2D eigenvalue weighted by atomic mass is 32.2. The molecule has 1 N–H and O–H groups in total. The zero-order valence-corrected chi connectivity index (χ0v) is 9.75. The molecular formula is C12H12N2OS. The van der Waals surface area contributed by atoms with Gasteiger partial charge in [-0.15, -0.1) is 11.8 Å². The number of rotatable bonds is 3. The molecule has 16 heavy (non-hydrogen) atoms. The predicted molar refractivity (Wildman–Crippen MR) is 66.7 cm³/mol. The first kappa shape index (κ1) is 11.0. The molecule has 2 rings (SSSR count). The molecule has 4 heteroatoms. The van der Waals surface area contributed by atoms with Crippen molar-refractivity contribution in [2.75, 3.05) is 5.75 Å². The Labute approximate surface area is 97.9 Å². The first-order valence-electron chi connectivity index (χ1n) is 5.07. The molecule has 0 saturated heterocycles. The molecule has 0 aliphatic carbocycles. The van der Waals surface area contributed by atoms with Gasteiger partial charge in [-0.05, 0) is 23.4 Å². The molecule has 0 bridgehead atoms. The number of nitrogens with one attached hydrogen (secondary N) is 1. The van der Waals surface area contributed by atoms with Crippen molar-refractivity contribution in [3.05, 3.63) is 47.1 Å². The van der Waals surface area contributed by atoms with E-state index >= 15 is 0 Å². The van der Waals surface area contributed by atoms with Crippen molar-refractivity contribution in [1.29, 1.82) is 0 Å². The summed E-state index contributed by atoms with van der Waals surface area (Å²) in [5.41, 5.74) is 1.67. The summed E-state index contributed by atoms with van der Waals surface area (Å²) < 4.78 is 0. The topological polar surface area (TPSA) is 45.8 Å². The van der Waals surface area contributed by atoms with Crippen molar-refractivity contribution in [1.82, 2.24) is 9.97 Å². The average Bonchev–Trinajstić information content (AvgIpc) is 2.32. The summed E-state index contributed by atoms with van der Waals surface area (Å²) in [5.74, 6) is 1.07. The number of aromatic amines is 1. The Morgan fingerprint density at radius 1 is 1.25 bits per heavy atom. The lowest BCUT2D eigenvalue weighted by Crippen LogP contribution is -2.07. The van der Waals surface area contributed by atoms with Gasteiger partial charge in [0.15, 0.2) is 0 Å². The molecule has 0 unspecified atom stereocenters. The van der Waals surface area contributed by atoms with Crippen molar-refractivity contribution in [2.24, 2.45) is 0 Å². The van der Waals surface area contributed by atoms with Crippen LogP contribution in [0.1, 0.15) is 6.92 Å². The van der Waals surface area contributed by atoms with Crippen LogP contribution in [0, 0.1) is 0 Å². The van der Waals surface area contributed by atoms with Crippen LogP contribution in [0.2, 0.25) is 0 Å². The van der Waals surface area contributed by atoms with E-state index in [2.05, 4.69) is 29.0 Å². The van der Waals surface area contributed by atoms with Crippen LogP contribution in [-0.2, 0) is 0 Å². The van der Waals surface area contributed by atoms with Gasteiger partial charge >= 0.3 is 5.69 Å². The van der Waals surface area contributed by atoms with Crippen LogP contribution in [0.15, 0.2) is 46.3 Å². The van der Waals surface area contributed by atoms with Crippen LogP contribution in [-0.4, -0.2) is 15.7 Å². The minimum absolute atomic E-state index is 0.318. The lowest BCUT2D eigenvalue weighted by molar-refractivity contribution is 1.08. The van der Waals surface area contributed by atoms with Crippen LogP contribution in [0.4, 0.5) is 0 Å². The Hall–Kier alpha value is -1.55. The number of H-pyrrole nitrogens is 1. The van der Waals surface area contributed by atoms with Crippen LogP contribution < -0.4 is 5.69 Å². The molecule has 82 valence electrons. The van der Waals surface area contributed by atoms with Gasteiger partial charge in [-0.2, -0.15) is 0 Å². The van der Waals surface area contributed by atoms with Gasteiger partial charge in [-0.25, -0.2) is 9.78 Å². The molecule has 0 aliphatic rings. The van der Waals surface area contributed by atoms with Gasteiger partial charge in [-0.3, -0.25) is 0 Å². The van der Waals surface area contributed by atoms with Crippen molar-refractivity contribution in [2.45, 2.75) is 11.8 Å². The SMILES string of the molecule is CCSc1ccc(-c2cnc(=O)[nH]c2)cc1. The van der Waals surface area contributed by atoms with E-state index in [1.54, 1.807) is 12.4 Å². The van der Waals surface area contributed by atoms with Crippen molar-refractivity contribution in [3.63, 3.8) is 0 Å². The van der Waals surface area contributed by atoms with E-state index in [1.807, 2.05) is 23.9 Å². The molecule has 0 fully saturated rings. The Morgan fingerprint density at radius 3 is 2.56 bits per heavy atom. The minimum Gasteiger partial charge on any atom is -0.312 e. The van der Waals surface area contributed by atoms with Gasteiger partial charge in [0.05, 0.1) is 0 Å². The molecule has 0 saturated carbocycles. The molecule has 2 aromatic rings. The zero-order chi connectivity index (χ0) is 11.4. The molecule has 0 radical (unpaired) electrons. The summed E-state index contributed by atoms with van der Waals surface area (Å²) in [7, 11) is 0. The first-order valence-corrected chi connectivity index (χ1v) is 6.06. The van der Waals surface area contributed by atoms with Gasteiger partial charge in [0.1, 0.15) is 0 Å². The monoisotopic (exact) mass is 232 g/mol. The molecule has 3 nitrogen and oxygen atoms in total. The molecule has 0 amide bonds. The molecule has 0 aliphatic heterocycles. The van der Waals surface area contributed by atoms with Crippen LogP contribution in [0.25, 0.3) is 11.1 Å². The Morgan fingerprint density at radius 2 is 2.00 bits per heavy atom. The van der Waals surface area contributed by atoms with Crippen LogP contribution in [0.3, 0.4) is 0 Å². The Bertz CT molecular complexity index is 499. The third-order valence-corrected chi connectivity index (χ3v) is 3.06. The van der Waals surface area contributed by atoms with Gasteiger partial charge in [0.2, 0.25) is 0 Å². The number of hydrogen-bond donors (Lipinski definition) is 1. The summed E-state index contributed by atoms with van der Waals surface area (Å²) in [6.45, 7) is 2.13. The fourth-order valence-electron chi connectivity index (χ4n) is 1.41. The molecule has 0 atom stereocenters. The molecule has 0 spiro atoms. The quantitative estimate of drug-likeness (QED) is 0.827. The number of aromatic nitrogens is 2. The van der Waals surface area contributed by atoms with Gasteiger partial charge in [-0.1, -0.05) is 19.1 Å². The van der Waals surface area contributed by atoms with E-state index in [0.29, 0.717) is 0 Å². The standard InChI is InChI=1S/C12H12N2OS/c1-2-16-11-5-3-9(4-6-11)10-7-13-12(15)14-8-10/h3-8H,2H2,1H3,(H,13,14,15). The van der Waals surface area contributed by atoms with Gasteiger partial charge < -0.3 is 4.98 Å². The average molecular weight is 232 g/mol. The van der Waals surface area contributed by atoms with E-state index in [0.717, 1.165) is 16.9 Å². The third-order valence-electron chi connectivity index (χ3n) is 2.17. The van der Waals surface area contributed by atoms with E-state index in [1.165, 1.54) is 4.90 Å². The van der Waals surface area contributed by atoms with E-state index in [-0.39, 0.29) is 5.69 Å². The second kappa shape index (κ2) is 4.99. The lowest BCUT2D eigenvalue weighted by Gasteiger charge is -2.02. The second-order valence-electron chi connectivity index (χ2n) is 3.26. The largest absolute Gasteiger partial charge is 0.344 e. The van der Waals surface area contributed by atoms with Crippen LogP contribution in [0.5, 0.6) is 0 Å². The van der Waals surface area contributed by atoms with Crippen molar-refractivity contribution < 1.29 is 0 Å². The number of thioether (sulfide) groups is 1. The summed E-state index contributed by atoms with van der Waals surface area (Å²) in [6.07, 6.45) is 3.26. The van der Waals surface area contributed by atoms with Crippen LogP contribution >= 0.6 is 11.8 Å². The maximum absolute atomic E-state index is 10.8. The third kappa shape index (κ3) is 2.52. The Balaban J connectivity index is 2.27. The highest BCUT2D eigenvalue weighted by Gasteiger charge is 1.98. The van der Waals surface area contributed by atoms with E-state index < -0.39 is 0 Å². The summed E-state index contributed by atoms with van der Waals surface area (Å²) in [6, 6.07) is 8.23. The van der Waals surface area contributed by atoms with E-state index in [9.17, 15) is 4.79 Å². The minimum atomic E-state index is -0.318. The van der Waals surface area contributed by atoms with Crippen molar-refractivity contribution >= 4 is 11.8 Å². The van der Waals surface area contributed by atoms with Gasteiger partial charge in [0.25, 0.3) is 0 Å². The first-order chi connectivity index (χ1) is 7.79. The summed E-state index contributed by atoms with van der Waals surface area (Å²) in [4.78, 5) is 18.3. The number of hydrogen-bond acceptors (Lipinski definition) is 3. The smallest absolute Gasteiger partial charge is 0.312 e. The fraction of sp³-hybridized carbons (Fsp3) is 0.167. The number of nitrogens with zero attached hydrogens (tertiary/aromatic N) is 1. The summed E-state index contributed by atoms with van der Waals surface area (Å²) in [5, 5.41) is 0. The summed E-state index contributed by atoms with van der Waals surface area (Å²) >= 11 is 1.81. The predicted octanol–water partition coefficient (Wildman–Crippen LogP) is 2.55. The Kier molecular flexibility index (Phi) is 3.41. The second-order valence-corrected chi connectivity index (χ2v) is 4.60. The zero-order valence-electron chi connectivity index (χ0n) is 8.93. The molecule has 1 heterocycles. The maximum atomic E-state index is 10.8. The normalized spacial score (nSPS) is 10.3. The van der Waals surface area contributed by atoms with Crippen molar-refractivity contribution in [3.8, 4) is 11.1 Å². The van der Waals surface area contributed by atoms with E-state index in [4.69, 9.17) is 0 Å².